The summed E-state index contributed by atoms with van der Waals surface area (Å²) in [6.07, 6.45) is 5.79. The Morgan fingerprint density at radius 3 is 2.58 bits per heavy atom. The molecule has 0 aliphatic carbocycles. The minimum Gasteiger partial charge on any atom is -0.493 e. The van der Waals surface area contributed by atoms with Crippen LogP contribution >= 0.6 is 0 Å². The minimum atomic E-state index is 0.333. The third-order valence-corrected chi connectivity index (χ3v) is 4.70. The van der Waals surface area contributed by atoms with E-state index in [1.165, 1.54) is 30.4 Å². The highest BCUT2D eigenvalue weighted by Crippen LogP contribution is 2.26. The molecule has 0 amide bonds. The van der Waals surface area contributed by atoms with E-state index in [0.29, 0.717) is 5.54 Å². The Morgan fingerprint density at radius 1 is 1.16 bits per heavy atom. The number of ether oxygens (including phenoxy) is 1. The molecule has 0 saturated carbocycles. The summed E-state index contributed by atoms with van der Waals surface area (Å²) in [7, 11) is 0. The number of nitrogens with one attached hydrogen (secondary N) is 1. The second-order valence-electron chi connectivity index (χ2n) is 5.56. The van der Waals surface area contributed by atoms with Crippen LogP contribution in [0.15, 0.2) is 18.2 Å². The van der Waals surface area contributed by atoms with Crippen molar-refractivity contribution in [2.75, 3.05) is 13.2 Å². The number of rotatable bonds is 7. The van der Waals surface area contributed by atoms with Crippen LogP contribution in [0.1, 0.15) is 51.2 Å². The van der Waals surface area contributed by atoms with E-state index in [9.17, 15) is 0 Å². The van der Waals surface area contributed by atoms with Crippen molar-refractivity contribution in [3.63, 3.8) is 0 Å². The average molecular weight is 261 g/mol. The van der Waals surface area contributed by atoms with Crippen molar-refractivity contribution in [2.45, 2.75) is 58.4 Å². The Bertz CT molecular complexity index is 401. The highest BCUT2D eigenvalue weighted by atomic mass is 16.5. The van der Waals surface area contributed by atoms with Crippen LogP contribution in [0.3, 0.4) is 0 Å². The highest BCUT2D eigenvalue weighted by Gasteiger charge is 2.22. The number of hydrogen-bond acceptors (Lipinski definition) is 2. The summed E-state index contributed by atoms with van der Waals surface area (Å²) in [5.41, 5.74) is 3.14. The van der Waals surface area contributed by atoms with Gasteiger partial charge in [0.2, 0.25) is 0 Å². The third kappa shape index (κ3) is 3.30. The topological polar surface area (TPSA) is 21.3 Å². The standard InChI is InChI=1S/C17H27NO/c1-4-17(5-2,6-3)18-11-9-14-7-8-16-15(13-14)10-12-19-16/h7-8,13,18H,4-6,9-12H2,1-3H3. The lowest BCUT2D eigenvalue weighted by Crippen LogP contribution is -2.44. The maximum atomic E-state index is 5.55. The van der Waals surface area contributed by atoms with Crippen molar-refractivity contribution >= 4 is 0 Å². The van der Waals surface area contributed by atoms with Gasteiger partial charge in [-0.1, -0.05) is 32.9 Å². The highest BCUT2D eigenvalue weighted by molar-refractivity contribution is 5.39. The summed E-state index contributed by atoms with van der Waals surface area (Å²) in [4.78, 5) is 0. The molecule has 106 valence electrons. The summed E-state index contributed by atoms with van der Waals surface area (Å²) < 4.78 is 5.55. The normalized spacial score (nSPS) is 14.3. The fourth-order valence-corrected chi connectivity index (χ4v) is 2.99. The van der Waals surface area contributed by atoms with Crippen molar-refractivity contribution in [3.8, 4) is 5.75 Å². The molecular weight excluding hydrogens is 234 g/mol. The molecule has 0 unspecified atom stereocenters. The molecule has 0 saturated heterocycles. The Morgan fingerprint density at radius 2 is 1.89 bits per heavy atom. The van der Waals surface area contributed by atoms with Gasteiger partial charge in [0.1, 0.15) is 5.75 Å². The molecule has 2 rings (SSSR count). The quantitative estimate of drug-likeness (QED) is 0.807. The second kappa shape index (κ2) is 6.42. The minimum absolute atomic E-state index is 0.333. The molecule has 1 aromatic carbocycles. The van der Waals surface area contributed by atoms with Gasteiger partial charge in [0, 0.05) is 12.0 Å². The van der Waals surface area contributed by atoms with Gasteiger partial charge in [0.15, 0.2) is 0 Å². The third-order valence-electron chi connectivity index (χ3n) is 4.70. The van der Waals surface area contributed by atoms with Gasteiger partial charge in [-0.3, -0.25) is 0 Å². The molecule has 19 heavy (non-hydrogen) atoms. The number of fused-ring (bicyclic) bond motifs is 1. The Balaban J connectivity index is 1.89. The summed E-state index contributed by atoms with van der Waals surface area (Å²) in [6, 6.07) is 6.65. The van der Waals surface area contributed by atoms with Crippen LogP contribution in [0.4, 0.5) is 0 Å². The van der Waals surface area contributed by atoms with E-state index in [-0.39, 0.29) is 0 Å². The molecule has 0 radical (unpaired) electrons. The van der Waals surface area contributed by atoms with Crippen LogP contribution in [0.25, 0.3) is 0 Å². The van der Waals surface area contributed by atoms with Crippen LogP contribution < -0.4 is 10.1 Å². The van der Waals surface area contributed by atoms with Crippen LogP contribution in [-0.2, 0) is 12.8 Å². The molecule has 0 spiro atoms. The molecule has 0 fully saturated rings. The van der Waals surface area contributed by atoms with Crippen LogP contribution in [0.5, 0.6) is 5.75 Å². The zero-order chi connectivity index (χ0) is 13.7. The van der Waals surface area contributed by atoms with E-state index >= 15 is 0 Å². The summed E-state index contributed by atoms with van der Waals surface area (Å²) in [5, 5.41) is 3.77. The Labute approximate surface area is 117 Å². The first-order valence-electron chi connectivity index (χ1n) is 7.72. The second-order valence-corrected chi connectivity index (χ2v) is 5.56. The monoisotopic (exact) mass is 261 g/mol. The van der Waals surface area contributed by atoms with Gasteiger partial charge >= 0.3 is 0 Å². The van der Waals surface area contributed by atoms with Crippen molar-refractivity contribution < 1.29 is 4.74 Å². The SMILES string of the molecule is CCC(CC)(CC)NCCc1ccc2c(c1)CCO2. The van der Waals surface area contributed by atoms with Crippen LogP contribution in [-0.4, -0.2) is 18.7 Å². The molecule has 0 atom stereocenters. The van der Waals surface area contributed by atoms with Crippen molar-refractivity contribution in [1.29, 1.82) is 0 Å². The summed E-state index contributed by atoms with van der Waals surface area (Å²) in [5.74, 6) is 1.08. The van der Waals surface area contributed by atoms with Gasteiger partial charge in [0.25, 0.3) is 0 Å². The van der Waals surface area contributed by atoms with Gasteiger partial charge in [-0.05, 0) is 49.4 Å². The van der Waals surface area contributed by atoms with Gasteiger partial charge < -0.3 is 10.1 Å². The van der Waals surface area contributed by atoms with E-state index < -0.39 is 0 Å². The lowest BCUT2D eigenvalue weighted by molar-refractivity contribution is 0.292. The average Bonchev–Trinajstić information content (AvgIpc) is 2.92. The summed E-state index contributed by atoms with van der Waals surface area (Å²) >= 11 is 0. The van der Waals surface area contributed by atoms with Crippen LogP contribution in [0.2, 0.25) is 0 Å². The Hall–Kier alpha value is -1.02. The van der Waals surface area contributed by atoms with Crippen molar-refractivity contribution in [1.82, 2.24) is 5.32 Å². The van der Waals surface area contributed by atoms with E-state index in [1.54, 1.807) is 0 Å². The van der Waals surface area contributed by atoms with E-state index in [0.717, 1.165) is 31.7 Å². The first-order chi connectivity index (χ1) is 9.23. The van der Waals surface area contributed by atoms with Gasteiger partial charge in [0.05, 0.1) is 6.61 Å². The predicted octanol–water partition coefficient (Wildman–Crippen LogP) is 3.72. The molecular formula is C17H27NO. The number of benzene rings is 1. The maximum absolute atomic E-state index is 5.55. The lowest BCUT2D eigenvalue weighted by atomic mass is 9.89. The molecule has 1 heterocycles. The van der Waals surface area contributed by atoms with Crippen molar-refractivity contribution in [3.05, 3.63) is 29.3 Å². The fraction of sp³-hybridized carbons (Fsp3) is 0.647. The molecule has 1 aliphatic heterocycles. The lowest BCUT2D eigenvalue weighted by Gasteiger charge is -2.32. The zero-order valence-corrected chi connectivity index (χ0v) is 12.6. The van der Waals surface area contributed by atoms with Crippen LogP contribution in [0, 0.1) is 0 Å². The molecule has 0 aromatic heterocycles. The number of hydrogen-bond donors (Lipinski definition) is 1. The predicted molar refractivity (Wildman–Crippen MR) is 81.0 cm³/mol. The molecule has 2 nitrogen and oxygen atoms in total. The van der Waals surface area contributed by atoms with Gasteiger partial charge in [-0.2, -0.15) is 0 Å². The van der Waals surface area contributed by atoms with Gasteiger partial charge in [-0.15, -0.1) is 0 Å². The van der Waals surface area contributed by atoms with E-state index in [1.807, 2.05) is 0 Å². The van der Waals surface area contributed by atoms with Gasteiger partial charge in [-0.25, -0.2) is 0 Å². The molecule has 1 N–H and O–H groups in total. The smallest absolute Gasteiger partial charge is 0.122 e. The first kappa shape index (κ1) is 14.4. The Kier molecular flexibility index (Phi) is 4.87. The summed E-state index contributed by atoms with van der Waals surface area (Å²) in [6.45, 7) is 8.77. The maximum Gasteiger partial charge on any atom is 0.122 e. The molecule has 0 bridgehead atoms. The molecule has 2 heteroatoms. The van der Waals surface area contributed by atoms with Crippen molar-refractivity contribution in [2.24, 2.45) is 0 Å². The van der Waals surface area contributed by atoms with E-state index in [2.05, 4.69) is 44.3 Å². The molecule has 1 aliphatic rings. The zero-order valence-electron chi connectivity index (χ0n) is 12.6. The molecule has 1 aromatic rings. The fourth-order valence-electron chi connectivity index (χ4n) is 2.99. The van der Waals surface area contributed by atoms with E-state index in [4.69, 9.17) is 4.74 Å². The largest absolute Gasteiger partial charge is 0.493 e. The first-order valence-corrected chi connectivity index (χ1v) is 7.72.